The SMILES string of the molecule is CCCNC(C)c1cc(Br)ccc1OCc1cccs1. The number of rotatable bonds is 7. The predicted molar refractivity (Wildman–Crippen MR) is 89.5 cm³/mol. The third kappa shape index (κ3) is 4.33. The molecule has 1 N–H and O–H groups in total. The van der Waals surface area contributed by atoms with Crippen molar-refractivity contribution in [3.05, 3.63) is 50.6 Å². The molecule has 1 unspecified atom stereocenters. The van der Waals surface area contributed by atoms with Crippen LogP contribution in [0.2, 0.25) is 0 Å². The zero-order chi connectivity index (χ0) is 14.4. The van der Waals surface area contributed by atoms with Crippen molar-refractivity contribution < 1.29 is 4.74 Å². The second-order valence-electron chi connectivity index (χ2n) is 4.73. The summed E-state index contributed by atoms with van der Waals surface area (Å²) in [4.78, 5) is 1.24. The maximum Gasteiger partial charge on any atom is 0.124 e. The van der Waals surface area contributed by atoms with Crippen LogP contribution in [0.4, 0.5) is 0 Å². The van der Waals surface area contributed by atoms with Gasteiger partial charge in [-0.2, -0.15) is 0 Å². The summed E-state index contributed by atoms with van der Waals surface area (Å²) in [6.45, 7) is 6.00. The van der Waals surface area contributed by atoms with E-state index < -0.39 is 0 Å². The number of ether oxygens (including phenoxy) is 1. The zero-order valence-corrected chi connectivity index (χ0v) is 14.3. The Morgan fingerprint density at radius 2 is 2.20 bits per heavy atom. The van der Waals surface area contributed by atoms with Gasteiger partial charge in [-0.1, -0.05) is 28.9 Å². The molecule has 1 heterocycles. The van der Waals surface area contributed by atoms with Crippen LogP contribution >= 0.6 is 27.3 Å². The number of benzene rings is 1. The van der Waals surface area contributed by atoms with Crippen LogP contribution in [0.3, 0.4) is 0 Å². The van der Waals surface area contributed by atoms with Gasteiger partial charge in [-0.3, -0.25) is 0 Å². The van der Waals surface area contributed by atoms with E-state index in [0.717, 1.165) is 23.2 Å². The first-order valence-electron chi connectivity index (χ1n) is 6.88. The monoisotopic (exact) mass is 353 g/mol. The van der Waals surface area contributed by atoms with E-state index in [0.29, 0.717) is 6.61 Å². The van der Waals surface area contributed by atoms with Gasteiger partial charge in [-0.15, -0.1) is 11.3 Å². The van der Waals surface area contributed by atoms with Gasteiger partial charge in [0, 0.05) is 21.0 Å². The molecule has 1 atom stereocenters. The second-order valence-corrected chi connectivity index (χ2v) is 6.67. The summed E-state index contributed by atoms with van der Waals surface area (Å²) < 4.78 is 7.07. The van der Waals surface area contributed by atoms with Crippen molar-refractivity contribution in [3.63, 3.8) is 0 Å². The fourth-order valence-electron chi connectivity index (χ4n) is 2.00. The molecule has 0 spiro atoms. The first-order chi connectivity index (χ1) is 9.70. The average Bonchev–Trinajstić information content (AvgIpc) is 2.96. The first kappa shape index (κ1) is 15.5. The van der Waals surface area contributed by atoms with Crippen molar-refractivity contribution in [2.24, 2.45) is 0 Å². The van der Waals surface area contributed by atoms with E-state index in [2.05, 4.69) is 58.7 Å². The molecule has 0 amide bonds. The van der Waals surface area contributed by atoms with Crippen molar-refractivity contribution in [3.8, 4) is 5.75 Å². The van der Waals surface area contributed by atoms with Crippen LogP contribution in [0.25, 0.3) is 0 Å². The summed E-state index contributed by atoms with van der Waals surface area (Å²) in [6.07, 6.45) is 1.13. The van der Waals surface area contributed by atoms with Crippen LogP contribution in [0, 0.1) is 0 Å². The predicted octanol–water partition coefficient (Wildman–Crippen LogP) is 5.15. The molecule has 0 aliphatic rings. The third-order valence-electron chi connectivity index (χ3n) is 3.09. The lowest BCUT2D eigenvalue weighted by Crippen LogP contribution is -2.20. The lowest BCUT2D eigenvalue weighted by Gasteiger charge is -2.18. The minimum Gasteiger partial charge on any atom is -0.488 e. The van der Waals surface area contributed by atoms with Gasteiger partial charge < -0.3 is 10.1 Å². The van der Waals surface area contributed by atoms with E-state index in [1.165, 1.54) is 10.4 Å². The Hall–Kier alpha value is -0.840. The Labute approximate surface area is 133 Å². The number of thiophene rings is 1. The van der Waals surface area contributed by atoms with Crippen molar-refractivity contribution >= 4 is 27.3 Å². The van der Waals surface area contributed by atoms with Crippen LogP contribution in [0.5, 0.6) is 5.75 Å². The largest absolute Gasteiger partial charge is 0.488 e. The molecule has 0 aliphatic heterocycles. The molecule has 1 aromatic heterocycles. The van der Waals surface area contributed by atoms with E-state index in [-0.39, 0.29) is 6.04 Å². The minimum absolute atomic E-state index is 0.283. The number of halogens is 1. The van der Waals surface area contributed by atoms with Gasteiger partial charge in [-0.25, -0.2) is 0 Å². The maximum atomic E-state index is 5.99. The van der Waals surface area contributed by atoms with Crippen LogP contribution < -0.4 is 10.1 Å². The van der Waals surface area contributed by atoms with Crippen LogP contribution in [-0.4, -0.2) is 6.54 Å². The molecule has 2 aromatic rings. The van der Waals surface area contributed by atoms with Gasteiger partial charge in [0.2, 0.25) is 0 Å². The highest BCUT2D eigenvalue weighted by Gasteiger charge is 2.12. The standard InChI is InChI=1S/C16H20BrNOS/c1-3-8-18-12(2)15-10-13(17)6-7-16(15)19-11-14-5-4-9-20-14/h4-7,9-10,12,18H,3,8,11H2,1-2H3. The molecule has 0 radical (unpaired) electrons. The highest BCUT2D eigenvalue weighted by molar-refractivity contribution is 9.10. The van der Waals surface area contributed by atoms with Crippen molar-refractivity contribution in [2.75, 3.05) is 6.54 Å². The van der Waals surface area contributed by atoms with Gasteiger partial charge in [0.1, 0.15) is 12.4 Å². The summed E-state index contributed by atoms with van der Waals surface area (Å²) in [5.74, 6) is 0.956. The first-order valence-corrected chi connectivity index (χ1v) is 8.56. The van der Waals surface area contributed by atoms with Crippen LogP contribution in [0.15, 0.2) is 40.2 Å². The molecule has 108 valence electrons. The molecule has 0 saturated heterocycles. The highest BCUT2D eigenvalue weighted by atomic mass is 79.9. The molecule has 1 aromatic carbocycles. The molecule has 4 heteroatoms. The highest BCUT2D eigenvalue weighted by Crippen LogP contribution is 2.29. The van der Waals surface area contributed by atoms with Crippen LogP contribution in [-0.2, 0) is 6.61 Å². The van der Waals surface area contributed by atoms with Crippen molar-refractivity contribution in [1.29, 1.82) is 0 Å². The maximum absolute atomic E-state index is 5.99. The molecule has 2 nitrogen and oxygen atoms in total. The summed E-state index contributed by atoms with van der Waals surface area (Å²) in [7, 11) is 0. The van der Waals surface area contributed by atoms with Crippen molar-refractivity contribution in [2.45, 2.75) is 32.9 Å². The molecule has 0 bridgehead atoms. The van der Waals surface area contributed by atoms with E-state index in [1.54, 1.807) is 11.3 Å². The Bertz CT molecular complexity index is 527. The Balaban J connectivity index is 2.10. The lowest BCUT2D eigenvalue weighted by atomic mass is 10.1. The molecule has 0 saturated carbocycles. The van der Waals surface area contributed by atoms with E-state index in [1.807, 2.05) is 12.1 Å². The fraction of sp³-hybridized carbons (Fsp3) is 0.375. The molecule has 0 aliphatic carbocycles. The smallest absolute Gasteiger partial charge is 0.124 e. The fourth-order valence-corrected chi connectivity index (χ4v) is 3.00. The minimum atomic E-state index is 0.283. The molecular formula is C16H20BrNOS. The Morgan fingerprint density at radius 1 is 1.35 bits per heavy atom. The van der Waals surface area contributed by atoms with E-state index >= 15 is 0 Å². The average molecular weight is 354 g/mol. The normalized spacial score (nSPS) is 12.3. The summed E-state index contributed by atoms with van der Waals surface area (Å²) in [6, 6.07) is 10.6. The Morgan fingerprint density at radius 3 is 2.90 bits per heavy atom. The number of hydrogen-bond acceptors (Lipinski definition) is 3. The molecular weight excluding hydrogens is 334 g/mol. The van der Waals surface area contributed by atoms with E-state index in [9.17, 15) is 0 Å². The summed E-state index contributed by atoms with van der Waals surface area (Å²) in [5.41, 5.74) is 1.20. The van der Waals surface area contributed by atoms with Gasteiger partial charge in [0.05, 0.1) is 0 Å². The third-order valence-corrected chi connectivity index (χ3v) is 4.43. The van der Waals surface area contributed by atoms with Crippen LogP contribution in [0.1, 0.15) is 36.8 Å². The zero-order valence-electron chi connectivity index (χ0n) is 11.9. The Kier molecular flexibility index (Phi) is 6.07. The molecule has 2 rings (SSSR count). The number of nitrogens with one attached hydrogen (secondary N) is 1. The number of hydrogen-bond donors (Lipinski definition) is 1. The van der Waals surface area contributed by atoms with Crippen molar-refractivity contribution in [1.82, 2.24) is 5.32 Å². The lowest BCUT2D eigenvalue weighted by molar-refractivity contribution is 0.303. The van der Waals surface area contributed by atoms with Gasteiger partial charge in [-0.05, 0) is 49.5 Å². The summed E-state index contributed by atoms with van der Waals surface area (Å²) in [5, 5.41) is 5.59. The van der Waals surface area contributed by atoms with Gasteiger partial charge in [0.15, 0.2) is 0 Å². The van der Waals surface area contributed by atoms with Gasteiger partial charge in [0.25, 0.3) is 0 Å². The second kappa shape index (κ2) is 7.81. The van der Waals surface area contributed by atoms with Gasteiger partial charge >= 0.3 is 0 Å². The molecule has 20 heavy (non-hydrogen) atoms. The van der Waals surface area contributed by atoms with E-state index in [4.69, 9.17) is 4.74 Å². The summed E-state index contributed by atoms with van der Waals surface area (Å²) >= 11 is 5.26. The quantitative estimate of drug-likeness (QED) is 0.742. The topological polar surface area (TPSA) is 21.3 Å². The molecule has 0 fully saturated rings.